The molecule has 1 atom stereocenters. The first kappa shape index (κ1) is 15.8. The first-order valence-electron chi connectivity index (χ1n) is 9.64. The summed E-state index contributed by atoms with van der Waals surface area (Å²) in [5.74, 6) is 0. The number of nitrogens with one attached hydrogen (secondary N) is 2. The number of hydrogen-bond donors (Lipinski definition) is 2. The smallest absolute Gasteiger partial charge is 0.177 e. The summed E-state index contributed by atoms with van der Waals surface area (Å²) in [6.45, 7) is 1.04. The number of hydrogen-bond acceptors (Lipinski definition) is 4. The van der Waals surface area contributed by atoms with E-state index in [-0.39, 0.29) is 6.04 Å². The molecule has 3 heterocycles. The van der Waals surface area contributed by atoms with E-state index in [0.29, 0.717) is 0 Å². The summed E-state index contributed by atoms with van der Waals surface area (Å²) >= 11 is 0. The van der Waals surface area contributed by atoms with Gasteiger partial charge in [-0.25, -0.2) is 9.97 Å². The molecule has 0 bridgehead atoms. The van der Waals surface area contributed by atoms with E-state index >= 15 is 0 Å². The minimum atomic E-state index is 0.277. The van der Waals surface area contributed by atoms with Crippen LogP contribution in [0, 0.1) is 0 Å². The number of pyridine rings is 1. The Labute approximate surface area is 153 Å². The van der Waals surface area contributed by atoms with Crippen molar-refractivity contribution in [3.8, 4) is 0 Å². The number of rotatable bonds is 4. The van der Waals surface area contributed by atoms with Crippen LogP contribution in [-0.2, 0) is 13.0 Å². The molecule has 3 aromatic rings. The van der Waals surface area contributed by atoms with Crippen LogP contribution < -0.4 is 5.32 Å². The lowest BCUT2D eigenvalue weighted by Crippen LogP contribution is -2.28. The van der Waals surface area contributed by atoms with E-state index < -0.39 is 0 Å². The fraction of sp³-hybridized carbons (Fsp3) is 0.429. The molecule has 1 aliphatic heterocycles. The number of aromatic amines is 1. The van der Waals surface area contributed by atoms with Gasteiger partial charge in [-0.05, 0) is 49.6 Å². The topological polar surface area (TPSA) is 56.8 Å². The fourth-order valence-corrected chi connectivity index (χ4v) is 4.62. The second-order valence-corrected chi connectivity index (χ2v) is 7.75. The summed E-state index contributed by atoms with van der Waals surface area (Å²) in [5, 5.41) is 3.68. The van der Waals surface area contributed by atoms with E-state index in [9.17, 15) is 0 Å². The number of imidazole rings is 1. The van der Waals surface area contributed by atoms with E-state index in [1.165, 1.54) is 48.1 Å². The molecule has 2 aliphatic rings. The minimum absolute atomic E-state index is 0.277. The predicted molar refractivity (Wildman–Crippen MR) is 104 cm³/mol. The monoisotopic (exact) mass is 347 g/mol. The predicted octanol–water partition coefficient (Wildman–Crippen LogP) is 4.04. The number of benzene rings is 1. The third kappa shape index (κ3) is 2.76. The lowest BCUT2D eigenvalue weighted by atomic mass is 10.0. The first-order valence-corrected chi connectivity index (χ1v) is 9.64. The summed E-state index contributed by atoms with van der Waals surface area (Å²) in [5.41, 5.74) is 7.16. The van der Waals surface area contributed by atoms with Crippen molar-refractivity contribution in [3.05, 3.63) is 53.5 Å². The summed E-state index contributed by atoms with van der Waals surface area (Å²) in [6.07, 6.45) is 10.1. The zero-order valence-electron chi connectivity index (χ0n) is 15.2. The van der Waals surface area contributed by atoms with Crippen LogP contribution in [0.3, 0.4) is 0 Å². The van der Waals surface area contributed by atoms with Gasteiger partial charge >= 0.3 is 0 Å². The van der Waals surface area contributed by atoms with Crippen LogP contribution >= 0.6 is 0 Å². The van der Waals surface area contributed by atoms with Crippen LogP contribution in [0.5, 0.6) is 0 Å². The molecular formula is C21H25N5. The van der Waals surface area contributed by atoms with Gasteiger partial charge in [-0.3, -0.25) is 4.90 Å². The van der Waals surface area contributed by atoms with Crippen LogP contribution in [0.1, 0.15) is 48.4 Å². The minimum Gasteiger partial charge on any atom is -0.378 e. The van der Waals surface area contributed by atoms with Crippen molar-refractivity contribution in [1.82, 2.24) is 19.9 Å². The van der Waals surface area contributed by atoms with E-state index in [1.54, 1.807) is 6.33 Å². The van der Waals surface area contributed by atoms with E-state index in [0.717, 1.165) is 30.2 Å². The zero-order valence-corrected chi connectivity index (χ0v) is 15.2. The Balaban J connectivity index is 1.35. The highest BCUT2D eigenvalue weighted by molar-refractivity contribution is 5.76. The van der Waals surface area contributed by atoms with Crippen molar-refractivity contribution in [3.63, 3.8) is 0 Å². The molecule has 1 fully saturated rings. The van der Waals surface area contributed by atoms with Crippen LogP contribution in [0.25, 0.3) is 11.2 Å². The third-order valence-corrected chi connectivity index (χ3v) is 6.04. The highest BCUT2D eigenvalue weighted by atomic mass is 15.1. The highest BCUT2D eigenvalue weighted by Crippen LogP contribution is 2.36. The molecule has 5 rings (SSSR count). The molecule has 5 heteroatoms. The van der Waals surface area contributed by atoms with Crippen LogP contribution in [0.4, 0.5) is 5.69 Å². The van der Waals surface area contributed by atoms with Gasteiger partial charge in [0.25, 0.3) is 0 Å². The molecule has 0 radical (unpaired) electrons. The SMILES string of the molecule is CN(Cc1ccc2c(c1)CC(c1ccnc3nc[nH]c13)N2)C1CCCC1. The van der Waals surface area contributed by atoms with Crippen LogP contribution in [-0.4, -0.2) is 32.9 Å². The Morgan fingerprint density at radius 1 is 1.15 bits per heavy atom. The molecule has 1 saturated carbocycles. The number of nitrogens with zero attached hydrogens (tertiary/aromatic N) is 3. The lowest BCUT2D eigenvalue weighted by Gasteiger charge is -2.24. The maximum atomic E-state index is 4.33. The number of H-pyrrole nitrogens is 1. The first-order chi connectivity index (χ1) is 12.8. The highest BCUT2D eigenvalue weighted by Gasteiger charge is 2.25. The standard InChI is InChI=1S/C21H25N5/c1-26(16-4-2-3-5-16)12-14-6-7-18-15(10-14)11-19(25-18)17-8-9-22-21-20(17)23-13-24-21/h6-10,13,16,19,25H,2-5,11-12H2,1H3,(H,22,23,24). The maximum absolute atomic E-state index is 4.33. The van der Waals surface area contributed by atoms with Crippen molar-refractivity contribution in [2.45, 2.75) is 50.7 Å². The molecule has 26 heavy (non-hydrogen) atoms. The molecule has 2 N–H and O–H groups in total. The summed E-state index contributed by atoms with van der Waals surface area (Å²) in [7, 11) is 2.27. The van der Waals surface area contributed by atoms with Gasteiger partial charge in [0.05, 0.1) is 17.9 Å². The lowest BCUT2D eigenvalue weighted by molar-refractivity contribution is 0.237. The van der Waals surface area contributed by atoms with Crippen LogP contribution in [0.15, 0.2) is 36.8 Å². The molecule has 2 aromatic heterocycles. The van der Waals surface area contributed by atoms with Gasteiger partial charge in [-0.15, -0.1) is 0 Å². The van der Waals surface area contributed by atoms with Crippen molar-refractivity contribution in [2.75, 3.05) is 12.4 Å². The Morgan fingerprint density at radius 2 is 2.04 bits per heavy atom. The summed E-state index contributed by atoms with van der Waals surface area (Å²) in [4.78, 5) is 14.4. The fourth-order valence-electron chi connectivity index (χ4n) is 4.62. The van der Waals surface area contributed by atoms with E-state index in [4.69, 9.17) is 0 Å². The van der Waals surface area contributed by atoms with Gasteiger partial charge in [0.2, 0.25) is 0 Å². The van der Waals surface area contributed by atoms with E-state index in [1.807, 2.05) is 6.20 Å². The molecule has 1 aliphatic carbocycles. The molecule has 1 unspecified atom stereocenters. The van der Waals surface area contributed by atoms with Crippen molar-refractivity contribution in [1.29, 1.82) is 0 Å². The summed E-state index contributed by atoms with van der Waals surface area (Å²) < 4.78 is 0. The van der Waals surface area contributed by atoms with Gasteiger partial charge < -0.3 is 10.3 Å². The van der Waals surface area contributed by atoms with Gasteiger partial charge in [-0.1, -0.05) is 25.0 Å². The quantitative estimate of drug-likeness (QED) is 0.748. The molecule has 0 spiro atoms. The van der Waals surface area contributed by atoms with Gasteiger partial charge in [0, 0.05) is 30.0 Å². The second-order valence-electron chi connectivity index (χ2n) is 7.75. The number of anilines is 1. The Bertz CT molecular complexity index is 925. The Morgan fingerprint density at radius 3 is 2.92 bits per heavy atom. The Hall–Kier alpha value is -2.40. The molecule has 1 aromatic carbocycles. The normalized spacial score (nSPS) is 20.0. The molecule has 0 amide bonds. The van der Waals surface area contributed by atoms with Crippen molar-refractivity contribution < 1.29 is 0 Å². The van der Waals surface area contributed by atoms with Gasteiger partial charge in [-0.2, -0.15) is 0 Å². The largest absolute Gasteiger partial charge is 0.378 e. The van der Waals surface area contributed by atoms with Crippen molar-refractivity contribution >= 4 is 16.9 Å². The van der Waals surface area contributed by atoms with Gasteiger partial charge in [0.1, 0.15) is 0 Å². The molecule has 5 nitrogen and oxygen atoms in total. The Kier molecular flexibility index (Phi) is 3.89. The third-order valence-electron chi connectivity index (χ3n) is 6.04. The average molecular weight is 347 g/mol. The van der Waals surface area contributed by atoms with E-state index in [2.05, 4.69) is 56.5 Å². The van der Waals surface area contributed by atoms with Gasteiger partial charge in [0.15, 0.2) is 5.65 Å². The number of aromatic nitrogens is 3. The maximum Gasteiger partial charge on any atom is 0.177 e. The average Bonchev–Trinajstić information content (AvgIpc) is 3.39. The zero-order chi connectivity index (χ0) is 17.5. The molecular weight excluding hydrogens is 322 g/mol. The second kappa shape index (κ2) is 6.40. The van der Waals surface area contributed by atoms with Crippen molar-refractivity contribution in [2.24, 2.45) is 0 Å². The summed E-state index contributed by atoms with van der Waals surface area (Å²) in [6, 6.07) is 10.0. The molecule has 0 saturated heterocycles. The van der Waals surface area contributed by atoms with Crippen LogP contribution in [0.2, 0.25) is 0 Å². The number of fused-ring (bicyclic) bond motifs is 2. The molecule has 134 valence electrons.